The molecule has 1 aromatic carbocycles. The number of hydrogen-bond acceptors (Lipinski definition) is 5. The van der Waals surface area contributed by atoms with Crippen LogP contribution in [0.25, 0.3) is 5.65 Å². The average molecular weight is 474 g/mol. The second-order valence-electron chi connectivity index (χ2n) is 6.99. The molecule has 1 saturated heterocycles. The van der Waals surface area contributed by atoms with E-state index in [9.17, 15) is 9.59 Å². The molecule has 1 aliphatic rings. The van der Waals surface area contributed by atoms with Crippen molar-refractivity contribution in [3.63, 3.8) is 0 Å². The van der Waals surface area contributed by atoms with E-state index < -0.39 is 0 Å². The number of thioether (sulfide) groups is 2. The first-order valence-corrected chi connectivity index (χ1v) is 11.9. The van der Waals surface area contributed by atoms with Crippen molar-refractivity contribution in [2.24, 2.45) is 0 Å². The zero-order chi connectivity index (χ0) is 20.8. The Balaban J connectivity index is 0.00000272. The fourth-order valence-corrected chi connectivity index (χ4v) is 5.23. The van der Waals surface area contributed by atoms with E-state index in [1.165, 1.54) is 10.5 Å². The van der Waals surface area contributed by atoms with Gasteiger partial charge in [0.2, 0.25) is 0 Å². The van der Waals surface area contributed by atoms with Crippen molar-refractivity contribution in [1.29, 1.82) is 0 Å². The van der Waals surface area contributed by atoms with Crippen LogP contribution < -0.4 is 0 Å². The van der Waals surface area contributed by atoms with Gasteiger partial charge < -0.3 is 0 Å². The Morgan fingerprint density at radius 3 is 2.71 bits per heavy atom. The number of allylic oxidation sites excluding steroid dienone is 1. The largest absolute Gasteiger partial charge is 0.294 e. The van der Waals surface area contributed by atoms with Gasteiger partial charge >= 0.3 is 0 Å². The van der Waals surface area contributed by atoms with Gasteiger partial charge in [0.1, 0.15) is 5.65 Å². The molecule has 0 atom stereocenters. The lowest BCUT2D eigenvalue weighted by atomic mass is 10.1. The number of fused-ring (bicyclic) bond motifs is 1. The van der Waals surface area contributed by atoms with Crippen molar-refractivity contribution in [1.82, 2.24) is 14.3 Å². The lowest BCUT2D eigenvalue weighted by molar-refractivity contribution is -0.122. The zero-order valence-corrected chi connectivity index (χ0v) is 19.4. The van der Waals surface area contributed by atoms with Crippen LogP contribution in [0.2, 0.25) is 0 Å². The number of aryl methyl sites for hydroxylation is 1. The number of imide groups is 1. The quantitative estimate of drug-likeness (QED) is 0.222. The van der Waals surface area contributed by atoms with Gasteiger partial charge in [0.25, 0.3) is 11.1 Å². The molecular weight excluding hydrogens is 450 g/mol. The summed E-state index contributed by atoms with van der Waals surface area (Å²) in [6.07, 6.45) is 9.03. The maximum atomic E-state index is 12.6. The molecule has 0 N–H and O–H groups in total. The predicted octanol–water partition coefficient (Wildman–Crippen LogP) is 5.84. The summed E-state index contributed by atoms with van der Waals surface area (Å²) in [5, 5.41) is 0.999. The van der Waals surface area contributed by atoms with E-state index >= 15 is 0 Å². The molecule has 3 heterocycles. The van der Waals surface area contributed by atoms with Crippen molar-refractivity contribution in [2.75, 3.05) is 12.3 Å². The van der Waals surface area contributed by atoms with Gasteiger partial charge in [-0.1, -0.05) is 42.5 Å². The minimum Gasteiger partial charge on any atom is -0.294 e. The number of pyridine rings is 1. The van der Waals surface area contributed by atoms with Crippen molar-refractivity contribution < 1.29 is 9.59 Å². The molecule has 1 aliphatic heterocycles. The average Bonchev–Trinajstić information content (AvgIpc) is 3.34. The molecule has 0 unspecified atom stereocenters. The first-order chi connectivity index (χ1) is 14.7. The Hall–Kier alpha value is -2.22. The molecule has 0 bridgehead atoms. The summed E-state index contributed by atoms with van der Waals surface area (Å²) in [7, 11) is 0. The first kappa shape index (κ1) is 23.4. The van der Waals surface area contributed by atoms with Gasteiger partial charge in [0.15, 0.2) is 0 Å². The molecule has 0 radical (unpaired) electrons. The number of aromatic nitrogens is 2. The van der Waals surface area contributed by atoms with Crippen molar-refractivity contribution in [3.05, 3.63) is 77.5 Å². The summed E-state index contributed by atoms with van der Waals surface area (Å²) in [5.74, 6) is 0.786. The van der Waals surface area contributed by atoms with Crippen LogP contribution >= 0.6 is 35.9 Å². The van der Waals surface area contributed by atoms with Crippen molar-refractivity contribution in [2.45, 2.75) is 30.7 Å². The highest BCUT2D eigenvalue weighted by Crippen LogP contribution is 2.31. The standard InChI is InChI=1S/C23H23N3O2S2.ClH/c27-22-19(11-6-10-18-8-2-1-3-9-18)30-23(28)26(22)15-4-5-17-29-21-13-7-12-20-24-14-16-25(20)21;/h1-3,7-9,11-14,16H,4-6,10,15,17H2;1H. The monoisotopic (exact) mass is 473 g/mol. The van der Waals surface area contributed by atoms with Gasteiger partial charge in [-0.2, -0.15) is 0 Å². The van der Waals surface area contributed by atoms with Crippen LogP contribution in [0.5, 0.6) is 0 Å². The van der Waals surface area contributed by atoms with E-state index in [1.807, 2.05) is 42.6 Å². The van der Waals surface area contributed by atoms with Gasteiger partial charge in [-0.15, -0.1) is 24.2 Å². The summed E-state index contributed by atoms with van der Waals surface area (Å²) in [5.41, 5.74) is 2.17. The van der Waals surface area contributed by atoms with E-state index in [-0.39, 0.29) is 23.6 Å². The molecular formula is C23H24ClN3O2S2. The molecule has 162 valence electrons. The fraction of sp³-hybridized carbons (Fsp3) is 0.261. The second kappa shape index (κ2) is 11.4. The van der Waals surface area contributed by atoms with Crippen molar-refractivity contribution in [3.8, 4) is 0 Å². The normalized spacial score (nSPS) is 15.1. The third-order valence-electron chi connectivity index (χ3n) is 4.90. The highest BCUT2D eigenvalue weighted by molar-refractivity contribution is 8.18. The number of carbonyl (C=O) groups excluding carboxylic acids is 2. The summed E-state index contributed by atoms with van der Waals surface area (Å²) < 4.78 is 2.07. The number of rotatable bonds is 9. The lowest BCUT2D eigenvalue weighted by Gasteiger charge is -2.12. The minimum atomic E-state index is -0.151. The van der Waals surface area contributed by atoms with Crippen LogP contribution in [0.3, 0.4) is 0 Å². The van der Waals surface area contributed by atoms with Gasteiger partial charge in [-0.3, -0.25) is 18.9 Å². The Kier molecular flexibility index (Phi) is 8.63. The van der Waals surface area contributed by atoms with E-state index in [0.29, 0.717) is 11.4 Å². The van der Waals surface area contributed by atoms with Crippen LogP contribution in [-0.4, -0.2) is 37.7 Å². The SMILES string of the molecule is Cl.O=C1SC(=CCCc2ccccc2)C(=O)N1CCCCSc1cccc2nccn12. The summed E-state index contributed by atoms with van der Waals surface area (Å²) in [6, 6.07) is 16.2. The number of amides is 2. The Bertz CT molecular complexity index is 1070. The lowest BCUT2D eigenvalue weighted by Crippen LogP contribution is -2.29. The van der Waals surface area contributed by atoms with E-state index in [1.54, 1.807) is 18.0 Å². The molecule has 31 heavy (non-hydrogen) atoms. The number of unbranched alkanes of at least 4 members (excludes halogenated alkanes) is 1. The van der Waals surface area contributed by atoms with Crippen LogP contribution in [0.1, 0.15) is 24.8 Å². The summed E-state index contributed by atoms with van der Waals surface area (Å²) in [4.78, 5) is 31.1. The van der Waals surface area contributed by atoms with Crippen LogP contribution in [0.15, 0.2) is 76.9 Å². The number of imidazole rings is 1. The third-order valence-corrected chi connectivity index (χ3v) is 6.97. The smallest absolute Gasteiger partial charge is 0.293 e. The fourth-order valence-electron chi connectivity index (χ4n) is 3.33. The van der Waals surface area contributed by atoms with E-state index in [4.69, 9.17) is 0 Å². The number of nitrogens with zero attached hydrogens (tertiary/aromatic N) is 3. The molecule has 5 nitrogen and oxygen atoms in total. The van der Waals surface area contributed by atoms with Crippen LogP contribution in [0.4, 0.5) is 4.79 Å². The van der Waals surface area contributed by atoms with Crippen molar-refractivity contribution >= 4 is 52.7 Å². The van der Waals surface area contributed by atoms with Gasteiger partial charge in [0.05, 0.1) is 9.93 Å². The van der Waals surface area contributed by atoms with Gasteiger partial charge in [0, 0.05) is 18.9 Å². The first-order valence-electron chi connectivity index (χ1n) is 10.0. The number of benzene rings is 1. The summed E-state index contributed by atoms with van der Waals surface area (Å²) >= 11 is 2.83. The van der Waals surface area contributed by atoms with E-state index in [0.717, 1.165) is 53.9 Å². The molecule has 0 spiro atoms. The maximum Gasteiger partial charge on any atom is 0.293 e. The number of carbonyl (C=O) groups is 2. The Labute approximate surface area is 196 Å². The maximum absolute atomic E-state index is 12.6. The van der Waals surface area contributed by atoms with Crippen LogP contribution in [-0.2, 0) is 11.2 Å². The molecule has 8 heteroatoms. The molecule has 2 aromatic heterocycles. The zero-order valence-electron chi connectivity index (χ0n) is 17.0. The topological polar surface area (TPSA) is 54.7 Å². The van der Waals surface area contributed by atoms with Crippen LogP contribution in [0, 0.1) is 0 Å². The molecule has 3 aromatic rings. The predicted molar refractivity (Wildman–Crippen MR) is 130 cm³/mol. The highest BCUT2D eigenvalue weighted by atomic mass is 35.5. The number of halogens is 1. The molecule has 4 rings (SSSR count). The molecule has 0 aliphatic carbocycles. The van der Waals surface area contributed by atoms with Gasteiger partial charge in [-0.25, -0.2) is 4.98 Å². The van der Waals surface area contributed by atoms with E-state index in [2.05, 4.69) is 27.6 Å². The third kappa shape index (κ3) is 5.93. The number of hydrogen-bond donors (Lipinski definition) is 0. The minimum absolute atomic E-state index is 0. The molecule has 1 fully saturated rings. The Morgan fingerprint density at radius 2 is 1.87 bits per heavy atom. The molecule has 2 amide bonds. The Morgan fingerprint density at radius 1 is 1.03 bits per heavy atom. The highest BCUT2D eigenvalue weighted by Gasteiger charge is 2.34. The van der Waals surface area contributed by atoms with Gasteiger partial charge in [-0.05, 0) is 60.9 Å². The molecule has 0 saturated carbocycles. The summed E-state index contributed by atoms with van der Waals surface area (Å²) in [6.45, 7) is 0.483. The second-order valence-corrected chi connectivity index (χ2v) is 9.10.